The Hall–Kier alpha value is -4.19. The number of aryl methyl sites for hydroxylation is 1. The second-order valence-electron chi connectivity index (χ2n) is 7.51. The minimum atomic E-state index is -0.505. The number of methoxy groups -OCH3 is 3. The molecular weight excluding hydrogens is 420 g/mol. The molecule has 0 unspecified atom stereocenters. The van der Waals surface area contributed by atoms with Gasteiger partial charge in [0.05, 0.1) is 32.3 Å². The molecule has 4 rings (SSSR count). The lowest BCUT2D eigenvalue weighted by molar-refractivity contribution is 0.393. The molecule has 1 heterocycles. The monoisotopic (exact) mass is 444 g/mol. The van der Waals surface area contributed by atoms with E-state index in [1.165, 1.54) is 7.11 Å². The van der Waals surface area contributed by atoms with Gasteiger partial charge in [0.1, 0.15) is 22.8 Å². The lowest BCUT2D eigenvalue weighted by atomic mass is 10.00. The van der Waals surface area contributed by atoms with Crippen LogP contribution < -0.4 is 19.6 Å². The van der Waals surface area contributed by atoms with Crippen LogP contribution in [0, 0.1) is 6.92 Å². The van der Waals surface area contributed by atoms with Crippen molar-refractivity contribution in [3.05, 3.63) is 81.5 Å². The maximum atomic E-state index is 12.9. The Bertz CT molecular complexity index is 1400. The van der Waals surface area contributed by atoms with E-state index in [-0.39, 0.29) is 5.76 Å². The summed E-state index contributed by atoms with van der Waals surface area (Å²) in [6.07, 6.45) is 3.75. The predicted molar refractivity (Wildman–Crippen MR) is 129 cm³/mol. The first-order valence-corrected chi connectivity index (χ1v) is 10.3. The first kappa shape index (κ1) is 22.0. The molecule has 4 aromatic rings. The molecule has 0 spiro atoms. The zero-order valence-electron chi connectivity index (χ0n) is 18.8. The van der Waals surface area contributed by atoms with E-state index in [9.17, 15) is 9.90 Å². The SMILES string of the molecule is COc1ccc(C=Cc2cc(OC)cc(OC)c2-c2oc3cc(C)ccc3c(=O)c2O)cc1. The smallest absolute Gasteiger partial charge is 0.235 e. The minimum Gasteiger partial charge on any atom is -0.502 e. The lowest BCUT2D eigenvalue weighted by Gasteiger charge is -2.15. The molecule has 0 radical (unpaired) electrons. The van der Waals surface area contributed by atoms with Gasteiger partial charge >= 0.3 is 0 Å². The van der Waals surface area contributed by atoms with Gasteiger partial charge in [-0.1, -0.05) is 30.4 Å². The van der Waals surface area contributed by atoms with Gasteiger partial charge in [0, 0.05) is 6.07 Å². The number of rotatable bonds is 6. The Morgan fingerprint density at radius 3 is 2.24 bits per heavy atom. The number of hydrogen-bond acceptors (Lipinski definition) is 6. The summed E-state index contributed by atoms with van der Waals surface area (Å²) in [5.74, 6) is 1.27. The Balaban J connectivity index is 1.95. The lowest BCUT2D eigenvalue weighted by Crippen LogP contribution is -2.04. The third kappa shape index (κ3) is 4.28. The van der Waals surface area contributed by atoms with Gasteiger partial charge in [-0.05, 0) is 53.9 Å². The summed E-state index contributed by atoms with van der Waals surface area (Å²) in [7, 11) is 4.68. The Kier molecular flexibility index (Phi) is 6.09. The summed E-state index contributed by atoms with van der Waals surface area (Å²) in [6.45, 7) is 1.91. The van der Waals surface area contributed by atoms with Crippen LogP contribution in [-0.2, 0) is 0 Å². The molecule has 1 N–H and O–H groups in total. The van der Waals surface area contributed by atoms with Crippen molar-refractivity contribution in [1.29, 1.82) is 0 Å². The molecule has 6 nitrogen and oxygen atoms in total. The highest BCUT2D eigenvalue weighted by Crippen LogP contribution is 2.42. The Morgan fingerprint density at radius 1 is 0.848 bits per heavy atom. The molecule has 0 atom stereocenters. The molecule has 0 aliphatic rings. The zero-order valence-corrected chi connectivity index (χ0v) is 18.8. The van der Waals surface area contributed by atoms with E-state index < -0.39 is 11.2 Å². The molecule has 168 valence electrons. The number of aromatic hydroxyl groups is 1. The van der Waals surface area contributed by atoms with E-state index >= 15 is 0 Å². The van der Waals surface area contributed by atoms with Crippen LogP contribution in [0.15, 0.2) is 63.8 Å². The van der Waals surface area contributed by atoms with E-state index in [4.69, 9.17) is 18.6 Å². The quantitative estimate of drug-likeness (QED) is 0.386. The number of fused-ring (bicyclic) bond motifs is 1. The van der Waals surface area contributed by atoms with Gasteiger partial charge in [0.25, 0.3) is 0 Å². The average molecular weight is 444 g/mol. The maximum Gasteiger partial charge on any atom is 0.235 e. The largest absolute Gasteiger partial charge is 0.502 e. The highest BCUT2D eigenvalue weighted by molar-refractivity contribution is 5.89. The summed E-state index contributed by atoms with van der Waals surface area (Å²) in [5, 5.41) is 11.1. The molecule has 3 aromatic carbocycles. The molecule has 0 amide bonds. The summed E-state index contributed by atoms with van der Waals surface area (Å²) in [4.78, 5) is 12.9. The maximum absolute atomic E-state index is 12.9. The van der Waals surface area contributed by atoms with Crippen LogP contribution in [0.1, 0.15) is 16.7 Å². The van der Waals surface area contributed by atoms with Gasteiger partial charge in [-0.25, -0.2) is 0 Å². The topological polar surface area (TPSA) is 78.1 Å². The fourth-order valence-electron chi connectivity index (χ4n) is 3.63. The molecule has 0 saturated carbocycles. The Labute approximate surface area is 191 Å². The first-order chi connectivity index (χ1) is 15.9. The third-order valence-corrected chi connectivity index (χ3v) is 5.38. The van der Waals surface area contributed by atoms with Crippen molar-refractivity contribution in [3.8, 4) is 34.3 Å². The van der Waals surface area contributed by atoms with Gasteiger partial charge < -0.3 is 23.7 Å². The van der Waals surface area contributed by atoms with E-state index in [1.807, 2.05) is 43.3 Å². The van der Waals surface area contributed by atoms with Gasteiger partial charge in [0.2, 0.25) is 11.2 Å². The predicted octanol–water partition coefficient (Wildman–Crippen LogP) is 5.67. The van der Waals surface area contributed by atoms with E-state index in [0.717, 1.165) is 16.9 Å². The average Bonchev–Trinajstić information content (AvgIpc) is 2.84. The van der Waals surface area contributed by atoms with Gasteiger partial charge in [0.15, 0.2) is 5.76 Å². The molecule has 0 aliphatic carbocycles. The van der Waals surface area contributed by atoms with Crippen LogP contribution in [0.25, 0.3) is 34.4 Å². The molecule has 1 aromatic heterocycles. The van der Waals surface area contributed by atoms with Crippen molar-refractivity contribution >= 4 is 23.1 Å². The van der Waals surface area contributed by atoms with Crippen molar-refractivity contribution in [2.45, 2.75) is 6.92 Å². The fraction of sp³-hybridized carbons (Fsp3) is 0.148. The highest BCUT2D eigenvalue weighted by atomic mass is 16.5. The zero-order chi connectivity index (χ0) is 23.5. The van der Waals surface area contributed by atoms with Crippen molar-refractivity contribution in [2.24, 2.45) is 0 Å². The summed E-state index contributed by atoms with van der Waals surface area (Å²) in [6, 6.07) is 16.3. The van der Waals surface area contributed by atoms with Crippen molar-refractivity contribution in [1.82, 2.24) is 0 Å². The molecule has 0 aliphatic heterocycles. The first-order valence-electron chi connectivity index (χ1n) is 10.3. The number of ether oxygens (including phenoxy) is 3. The highest BCUT2D eigenvalue weighted by Gasteiger charge is 2.22. The van der Waals surface area contributed by atoms with Crippen LogP contribution in [0.3, 0.4) is 0 Å². The van der Waals surface area contributed by atoms with Crippen molar-refractivity contribution < 1.29 is 23.7 Å². The van der Waals surface area contributed by atoms with E-state index in [2.05, 4.69) is 0 Å². The van der Waals surface area contributed by atoms with Gasteiger partial charge in [-0.2, -0.15) is 0 Å². The van der Waals surface area contributed by atoms with E-state index in [1.54, 1.807) is 44.6 Å². The standard InChI is InChI=1S/C27H24O6/c1-16-5-12-21-22(13-16)33-27(26(29)25(21)28)24-18(14-20(31-3)15-23(24)32-4)9-6-17-7-10-19(30-2)11-8-17/h5-15,29H,1-4H3. The summed E-state index contributed by atoms with van der Waals surface area (Å²) < 4.78 is 22.3. The third-order valence-electron chi connectivity index (χ3n) is 5.38. The molecule has 0 bridgehead atoms. The van der Waals surface area contributed by atoms with Gasteiger partial charge in [-0.15, -0.1) is 0 Å². The van der Waals surface area contributed by atoms with Crippen LogP contribution >= 0.6 is 0 Å². The van der Waals surface area contributed by atoms with Gasteiger partial charge in [-0.3, -0.25) is 4.79 Å². The fourth-order valence-corrected chi connectivity index (χ4v) is 3.63. The number of hydrogen-bond donors (Lipinski definition) is 1. The second-order valence-corrected chi connectivity index (χ2v) is 7.51. The molecular formula is C27H24O6. The van der Waals surface area contributed by atoms with Crippen LogP contribution in [0.4, 0.5) is 0 Å². The summed E-state index contributed by atoms with van der Waals surface area (Å²) in [5.41, 5.74) is 2.84. The van der Waals surface area contributed by atoms with E-state index in [0.29, 0.717) is 33.6 Å². The Morgan fingerprint density at radius 2 is 1.58 bits per heavy atom. The molecule has 6 heteroatoms. The summed E-state index contributed by atoms with van der Waals surface area (Å²) >= 11 is 0. The van der Waals surface area contributed by atoms with Crippen molar-refractivity contribution in [3.63, 3.8) is 0 Å². The normalized spacial score (nSPS) is 11.2. The second kappa shape index (κ2) is 9.12. The van der Waals surface area contributed by atoms with Crippen LogP contribution in [0.5, 0.6) is 23.0 Å². The molecule has 0 fully saturated rings. The van der Waals surface area contributed by atoms with Crippen LogP contribution in [-0.4, -0.2) is 26.4 Å². The van der Waals surface area contributed by atoms with Crippen LogP contribution in [0.2, 0.25) is 0 Å². The molecule has 33 heavy (non-hydrogen) atoms. The molecule has 0 saturated heterocycles. The minimum absolute atomic E-state index is 0.0342. The number of benzene rings is 3. The van der Waals surface area contributed by atoms with Crippen molar-refractivity contribution in [2.75, 3.05) is 21.3 Å².